The van der Waals surface area contributed by atoms with Gasteiger partial charge in [0, 0.05) is 17.5 Å². The van der Waals surface area contributed by atoms with Crippen molar-refractivity contribution in [3.8, 4) is 0 Å². The van der Waals surface area contributed by atoms with Gasteiger partial charge in [0.1, 0.15) is 0 Å². The monoisotopic (exact) mass is 259 g/mol. The van der Waals surface area contributed by atoms with Crippen LogP contribution in [-0.2, 0) is 5.92 Å². The highest BCUT2D eigenvalue weighted by molar-refractivity contribution is 6.21. The third-order valence-electron chi connectivity index (χ3n) is 3.02. The lowest BCUT2D eigenvalue weighted by Gasteiger charge is -2.18. The van der Waals surface area contributed by atoms with E-state index in [1.54, 1.807) is 18.2 Å². The molecule has 1 atom stereocenters. The molecular weight excluding hydrogens is 244 g/mol. The van der Waals surface area contributed by atoms with Gasteiger partial charge in [0.25, 0.3) is 5.92 Å². The summed E-state index contributed by atoms with van der Waals surface area (Å²) in [5.74, 6) is -2.31. The molecule has 1 aliphatic carbocycles. The van der Waals surface area contributed by atoms with Gasteiger partial charge < -0.3 is 5.32 Å². The highest BCUT2D eigenvalue weighted by atomic mass is 35.5. The molecule has 1 nitrogen and oxygen atoms in total. The molecule has 1 unspecified atom stereocenters. The summed E-state index contributed by atoms with van der Waals surface area (Å²) >= 11 is 6.05. The van der Waals surface area contributed by atoms with Crippen LogP contribution in [0.1, 0.15) is 18.4 Å². The SMILES string of the molecule is FC(F)(CNCC(Cl)C1CC1)c1ccccc1. The van der Waals surface area contributed by atoms with Crippen LogP contribution in [-0.4, -0.2) is 18.5 Å². The zero-order valence-electron chi connectivity index (χ0n) is 9.50. The number of nitrogens with one attached hydrogen (secondary N) is 1. The highest BCUT2D eigenvalue weighted by Crippen LogP contribution is 2.35. The Balaban J connectivity index is 1.80. The quantitative estimate of drug-likeness (QED) is 0.773. The Morgan fingerprint density at radius 1 is 1.29 bits per heavy atom. The third kappa shape index (κ3) is 3.65. The summed E-state index contributed by atoms with van der Waals surface area (Å²) in [5.41, 5.74) is 0.0463. The molecule has 1 saturated carbocycles. The fourth-order valence-electron chi connectivity index (χ4n) is 1.78. The largest absolute Gasteiger partial charge is 0.309 e. The van der Waals surface area contributed by atoms with E-state index in [9.17, 15) is 8.78 Å². The standard InChI is InChI=1S/C13H16ClF2N/c14-12(10-6-7-10)8-17-9-13(15,16)11-4-2-1-3-5-11/h1-5,10,12,17H,6-9H2. The van der Waals surface area contributed by atoms with Gasteiger partial charge in [-0.15, -0.1) is 11.6 Å². The summed E-state index contributed by atoms with van der Waals surface area (Å²) in [6.45, 7) is 0.0988. The molecule has 2 rings (SSSR count). The first-order valence-electron chi connectivity index (χ1n) is 5.88. The van der Waals surface area contributed by atoms with Crippen molar-refractivity contribution in [3.05, 3.63) is 35.9 Å². The molecule has 1 fully saturated rings. The van der Waals surface area contributed by atoms with Gasteiger partial charge in [-0.25, -0.2) is 0 Å². The van der Waals surface area contributed by atoms with Gasteiger partial charge in [0.2, 0.25) is 0 Å². The fraction of sp³-hybridized carbons (Fsp3) is 0.538. The van der Waals surface area contributed by atoms with Crippen LogP contribution in [0.25, 0.3) is 0 Å². The lowest BCUT2D eigenvalue weighted by atomic mass is 10.1. The lowest BCUT2D eigenvalue weighted by Crippen LogP contribution is -2.34. The van der Waals surface area contributed by atoms with Crippen LogP contribution in [0, 0.1) is 5.92 Å². The Morgan fingerprint density at radius 2 is 1.94 bits per heavy atom. The normalized spacial score (nSPS) is 18.1. The van der Waals surface area contributed by atoms with Crippen LogP contribution in [0.5, 0.6) is 0 Å². The van der Waals surface area contributed by atoms with Crippen LogP contribution in [0.3, 0.4) is 0 Å². The summed E-state index contributed by atoms with van der Waals surface area (Å²) in [6.07, 6.45) is 2.26. The van der Waals surface area contributed by atoms with Gasteiger partial charge in [-0.2, -0.15) is 8.78 Å². The van der Waals surface area contributed by atoms with Gasteiger partial charge in [0.05, 0.1) is 6.54 Å². The molecule has 0 saturated heterocycles. The predicted molar refractivity (Wildman–Crippen MR) is 65.6 cm³/mol. The van der Waals surface area contributed by atoms with E-state index in [2.05, 4.69) is 5.32 Å². The van der Waals surface area contributed by atoms with E-state index in [0.29, 0.717) is 12.5 Å². The second-order valence-electron chi connectivity index (χ2n) is 4.55. The van der Waals surface area contributed by atoms with E-state index < -0.39 is 5.92 Å². The van der Waals surface area contributed by atoms with E-state index in [1.807, 2.05) is 0 Å². The molecule has 0 aliphatic heterocycles. The molecule has 1 N–H and O–H groups in total. The van der Waals surface area contributed by atoms with Crippen LogP contribution < -0.4 is 5.32 Å². The van der Waals surface area contributed by atoms with Crippen LogP contribution in [0.4, 0.5) is 8.78 Å². The number of benzene rings is 1. The third-order valence-corrected chi connectivity index (χ3v) is 3.53. The Bertz CT molecular complexity index is 352. The summed E-state index contributed by atoms with van der Waals surface area (Å²) in [4.78, 5) is 0. The smallest absolute Gasteiger partial charge is 0.285 e. The summed E-state index contributed by atoms with van der Waals surface area (Å²) in [6, 6.07) is 7.87. The topological polar surface area (TPSA) is 12.0 Å². The van der Waals surface area contributed by atoms with Crippen molar-refractivity contribution < 1.29 is 8.78 Å². The Kier molecular flexibility index (Phi) is 4.00. The highest BCUT2D eigenvalue weighted by Gasteiger charge is 2.33. The minimum absolute atomic E-state index is 0.0124. The van der Waals surface area contributed by atoms with Crippen molar-refractivity contribution in [1.82, 2.24) is 5.32 Å². The molecule has 17 heavy (non-hydrogen) atoms. The van der Waals surface area contributed by atoms with Gasteiger partial charge in [0.15, 0.2) is 0 Å². The molecule has 0 amide bonds. The maximum Gasteiger partial charge on any atom is 0.285 e. The molecular formula is C13H16ClF2N. The number of halogens is 3. The molecule has 0 aromatic heterocycles. The maximum absolute atomic E-state index is 13.7. The molecule has 4 heteroatoms. The first-order chi connectivity index (χ1) is 8.09. The number of rotatable bonds is 6. The fourth-order valence-corrected chi connectivity index (χ4v) is 2.14. The molecule has 0 bridgehead atoms. The molecule has 0 radical (unpaired) electrons. The van der Waals surface area contributed by atoms with E-state index in [4.69, 9.17) is 11.6 Å². The van der Waals surface area contributed by atoms with Gasteiger partial charge in [-0.05, 0) is 18.8 Å². The minimum Gasteiger partial charge on any atom is -0.309 e. The zero-order valence-corrected chi connectivity index (χ0v) is 10.3. The lowest BCUT2D eigenvalue weighted by molar-refractivity contribution is -0.00298. The van der Waals surface area contributed by atoms with E-state index in [1.165, 1.54) is 12.1 Å². The molecule has 1 aromatic carbocycles. The summed E-state index contributed by atoms with van der Waals surface area (Å²) in [7, 11) is 0. The van der Waals surface area contributed by atoms with Gasteiger partial charge in [-0.3, -0.25) is 0 Å². The molecule has 0 spiro atoms. The molecule has 1 aliphatic rings. The first kappa shape index (κ1) is 12.8. The molecule has 1 aromatic rings. The van der Waals surface area contributed by atoms with Crippen molar-refractivity contribution in [3.63, 3.8) is 0 Å². The van der Waals surface area contributed by atoms with Crippen molar-refractivity contribution in [2.24, 2.45) is 5.92 Å². The average molecular weight is 260 g/mol. The molecule has 0 heterocycles. The van der Waals surface area contributed by atoms with Gasteiger partial charge >= 0.3 is 0 Å². The van der Waals surface area contributed by atoms with E-state index >= 15 is 0 Å². The number of alkyl halides is 3. The summed E-state index contributed by atoms with van der Waals surface area (Å²) < 4.78 is 27.4. The first-order valence-corrected chi connectivity index (χ1v) is 6.31. The van der Waals surface area contributed by atoms with Gasteiger partial charge in [-0.1, -0.05) is 30.3 Å². The van der Waals surface area contributed by atoms with E-state index in [0.717, 1.165) is 12.8 Å². The van der Waals surface area contributed by atoms with Crippen molar-refractivity contribution >= 4 is 11.6 Å². The van der Waals surface area contributed by atoms with Crippen LogP contribution >= 0.6 is 11.6 Å². The Hall–Kier alpha value is -0.670. The number of hydrogen-bond donors (Lipinski definition) is 1. The van der Waals surface area contributed by atoms with Crippen molar-refractivity contribution in [2.45, 2.75) is 24.1 Å². The van der Waals surface area contributed by atoms with Crippen molar-refractivity contribution in [1.29, 1.82) is 0 Å². The molecule has 94 valence electrons. The van der Waals surface area contributed by atoms with E-state index in [-0.39, 0.29) is 17.5 Å². The van der Waals surface area contributed by atoms with Crippen molar-refractivity contribution in [2.75, 3.05) is 13.1 Å². The second-order valence-corrected chi connectivity index (χ2v) is 5.12. The Morgan fingerprint density at radius 3 is 2.53 bits per heavy atom. The second kappa shape index (κ2) is 5.32. The minimum atomic E-state index is -2.83. The van der Waals surface area contributed by atoms with Crippen LogP contribution in [0.15, 0.2) is 30.3 Å². The number of hydrogen-bond acceptors (Lipinski definition) is 1. The summed E-state index contributed by atoms with van der Waals surface area (Å²) in [5, 5.41) is 2.75. The zero-order chi connectivity index (χ0) is 12.3. The predicted octanol–water partition coefficient (Wildman–Crippen LogP) is 3.39. The average Bonchev–Trinajstić information content (AvgIpc) is 3.14. The maximum atomic E-state index is 13.7. The Labute approximate surface area is 105 Å². The van der Waals surface area contributed by atoms with Crippen LogP contribution in [0.2, 0.25) is 0 Å².